The zero-order valence-corrected chi connectivity index (χ0v) is 9.28. The molecular weight excluding hydrogens is 233 g/mol. The van der Waals surface area contributed by atoms with Crippen LogP contribution in [0.25, 0.3) is 0 Å². The van der Waals surface area contributed by atoms with Gasteiger partial charge in [-0.25, -0.2) is 0 Å². The molecule has 0 saturated heterocycles. The summed E-state index contributed by atoms with van der Waals surface area (Å²) in [5.41, 5.74) is 0. The van der Waals surface area contributed by atoms with E-state index in [2.05, 4.69) is 4.74 Å². The van der Waals surface area contributed by atoms with Crippen molar-refractivity contribution >= 4 is 48.9 Å². The Hall–Kier alpha value is 1.45. The summed E-state index contributed by atoms with van der Waals surface area (Å²) in [6.45, 7) is 0.696. The molecule has 0 spiro atoms. The van der Waals surface area contributed by atoms with Crippen molar-refractivity contribution in [2.24, 2.45) is 0 Å². The van der Waals surface area contributed by atoms with Gasteiger partial charge in [0.25, 0.3) is 0 Å². The molecule has 0 atom stereocenters. The Bertz CT molecular complexity index is 37.7. The number of hydrogen-bond donors (Lipinski definition) is 2. The second-order valence-corrected chi connectivity index (χ2v) is 1.06. The third-order valence-corrected chi connectivity index (χ3v) is 0.471. The first kappa shape index (κ1) is 12.2. The van der Waals surface area contributed by atoms with Crippen LogP contribution in [0.1, 0.15) is 2.85 Å². The summed E-state index contributed by atoms with van der Waals surface area (Å²) >= 11 is 0. The topological polar surface area (TPSA) is 49.7 Å². The van der Waals surface area contributed by atoms with Crippen molar-refractivity contribution in [1.29, 1.82) is 0 Å². The second-order valence-electron chi connectivity index (χ2n) is 1.06. The van der Waals surface area contributed by atoms with Gasteiger partial charge in [0.05, 0.1) is 26.4 Å². The van der Waals surface area contributed by atoms with Gasteiger partial charge in [-0.2, -0.15) is 0 Å². The maximum Gasteiger partial charge on any atom is 2.00 e. The number of ether oxygens (including phenoxy) is 1. The van der Waals surface area contributed by atoms with E-state index in [0.717, 1.165) is 0 Å². The molecule has 48 valence electrons. The Morgan fingerprint density at radius 1 is 1.12 bits per heavy atom. The van der Waals surface area contributed by atoms with Gasteiger partial charge < -0.3 is 17.8 Å². The van der Waals surface area contributed by atoms with Gasteiger partial charge in [0.1, 0.15) is 0 Å². The van der Waals surface area contributed by atoms with E-state index in [9.17, 15) is 0 Å². The number of rotatable bonds is 4. The molecule has 0 unspecified atom stereocenters. The van der Waals surface area contributed by atoms with Crippen molar-refractivity contribution in [1.82, 2.24) is 0 Å². The van der Waals surface area contributed by atoms with Crippen LogP contribution in [0.2, 0.25) is 0 Å². The maximum atomic E-state index is 8.09. The molecule has 0 fully saturated rings. The van der Waals surface area contributed by atoms with Crippen LogP contribution in [-0.2, 0) is 4.74 Å². The van der Waals surface area contributed by atoms with Crippen LogP contribution in [-0.4, -0.2) is 85.5 Å². The van der Waals surface area contributed by atoms with E-state index in [1.807, 2.05) is 0 Å². The monoisotopic (exact) mass is 246 g/mol. The molecule has 3 nitrogen and oxygen atoms in total. The fourth-order valence-electron chi connectivity index (χ4n) is 0.231. The summed E-state index contributed by atoms with van der Waals surface area (Å²) in [5.74, 6) is 0. The molecule has 4 heteroatoms. The minimum absolute atomic E-state index is 0. The van der Waals surface area contributed by atoms with Gasteiger partial charge in [-0.05, 0) is 0 Å². The van der Waals surface area contributed by atoms with Gasteiger partial charge in [-0.15, -0.1) is 0 Å². The summed E-state index contributed by atoms with van der Waals surface area (Å²) in [6.07, 6.45) is 0. The predicted molar refractivity (Wildman–Crippen MR) is 33.0 cm³/mol. The standard InChI is InChI=1S/C4H10O3.Ba.2H/c5-1-3-7-4-2-6;;;/h5-6H,1-4H2;;;/q;+2;2*-1. The molecule has 0 aromatic rings. The molecule has 2 N–H and O–H groups in total. The molecule has 0 amide bonds. The number of hydrogen-bond acceptors (Lipinski definition) is 3. The van der Waals surface area contributed by atoms with Crippen LogP contribution in [0.4, 0.5) is 0 Å². The van der Waals surface area contributed by atoms with Crippen LogP contribution in [0.15, 0.2) is 0 Å². The van der Waals surface area contributed by atoms with Gasteiger partial charge in [-0.3, -0.25) is 0 Å². The van der Waals surface area contributed by atoms with Crippen molar-refractivity contribution in [2.75, 3.05) is 26.4 Å². The zero-order valence-electron chi connectivity index (χ0n) is 6.84. The normalized spacial score (nSPS) is 8.25. The average Bonchev–Trinajstić information content (AvgIpc) is 1.69. The number of aliphatic hydroxyl groups is 2. The van der Waals surface area contributed by atoms with E-state index in [1.54, 1.807) is 0 Å². The van der Waals surface area contributed by atoms with Crippen molar-refractivity contribution in [3.05, 3.63) is 0 Å². The Balaban J connectivity index is -0.0000000600. The molecule has 0 bridgehead atoms. The van der Waals surface area contributed by atoms with Crippen molar-refractivity contribution in [2.45, 2.75) is 0 Å². The fourth-order valence-corrected chi connectivity index (χ4v) is 0.231. The smallest absolute Gasteiger partial charge is 1.00 e. The summed E-state index contributed by atoms with van der Waals surface area (Å²) in [5, 5.41) is 16.2. The first-order valence-corrected chi connectivity index (χ1v) is 2.21. The molecular formula is C4H12BaO3. The molecule has 0 aliphatic carbocycles. The van der Waals surface area contributed by atoms with E-state index >= 15 is 0 Å². The molecule has 0 aliphatic rings. The van der Waals surface area contributed by atoms with Crippen LogP contribution in [0.5, 0.6) is 0 Å². The minimum Gasteiger partial charge on any atom is -1.00 e. The number of aliphatic hydroxyl groups excluding tert-OH is 2. The summed E-state index contributed by atoms with van der Waals surface area (Å²) in [4.78, 5) is 0. The van der Waals surface area contributed by atoms with Gasteiger partial charge in [-0.1, -0.05) is 0 Å². The SMILES string of the molecule is OCCOCCO.[Ba+2].[H-].[H-]. The second kappa shape index (κ2) is 11.3. The zero-order chi connectivity index (χ0) is 5.54. The molecule has 0 radical (unpaired) electrons. The maximum absolute atomic E-state index is 8.09. The summed E-state index contributed by atoms with van der Waals surface area (Å²) < 4.78 is 4.63. The van der Waals surface area contributed by atoms with Gasteiger partial charge in [0, 0.05) is 0 Å². The van der Waals surface area contributed by atoms with Crippen LogP contribution >= 0.6 is 0 Å². The van der Waals surface area contributed by atoms with E-state index in [0.29, 0.717) is 13.2 Å². The van der Waals surface area contributed by atoms with Crippen molar-refractivity contribution in [3.63, 3.8) is 0 Å². The third-order valence-electron chi connectivity index (χ3n) is 0.471. The van der Waals surface area contributed by atoms with Gasteiger partial charge in [0.15, 0.2) is 0 Å². The average molecular weight is 245 g/mol. The summed E-state index contributed by atoms with van der Waals surface area (Å²) in [6, 6.07) is 0. The molecule has 0 saturated carbocycles. The quantitative estimate of drug-likeness (QED) is 0.485. The largest absolute Gasteiger partial charge is 2.00 e. The molecule has 0 rings (SSSR count). The first-order valence-electron chi connectivity index (χ1n) is 2.21. The van der Waals surface area contributed by atoms with E-state index < -0.39 is 0 Å². The van der Waals surface area contributed by atoms with Crippen LogP contribution < -0.4 is 0 Å². The van der Waals surface area contributed by atoms with E-state index in [-0.39, 0.29) is 64.9 Å². The molecule has 0 heterocycles. The van der Waals surface area contributed by atoms with E-state index in [1.165, 1.54) is 0 Å². The predicted octanol–water partition coefficient (Wildman–Crippen LogP) is -1.17. The van der Waals surface area contributed by atoms with Gasteiger partial charge >= 0.3 is 48.9 Å². The van der Waals surface area contributed by atoms with Crippen molar-refractivity contribution < 1.29 is 17.8 Å². The molecule has 0 aromatic carbocycles. The minimum atomic E-state index is 0. The molecule has 8 heavy (non-hydrogen) atoms. The van der Waals surface area contributed by atoms with Gasteiger partial charge in [0.2, 0.25) is 0 Å². The molecule has 0 aromatic heterocycles. The Morgan fingerprint density at radius 3 is 1.75 bits per heavy atom. The Morgan fingerprint density at radius 2 is 1.50 bits per heavy atom. The van der Waals surface area contributed by atoms with Crippen LogP contribution in [0, 0.1) is 0 Å². The Kier molecular flexibility index (Phi) is 17.1. The molecule has 0 aliphatic heterocycles. The van der Waals surface area contributed by atoms with Crippen molar-refractivity contribution in [3.8, 4) is 0 Å². The summed E-state index contributed by atoms with van der Waals surface area (Å²) in [7, 11) is 0. The third kappa shape index (κ3) is 10.4. The van der Waals surface area contributed by atoms with Crippen LogP contribution in [0.3, 0.4) is 0 Å². The first-order chi connectivity index (χ1) is 3.41. The Labute approximate surface area is 92.1 Å². The van der Waals surface area contributed by atoms with E-state index in [4.69, 9.17) is 10.2 Å². The fraction of sp³-hybridized carbons (Fsp3) is 1.00.